The highest BCUT2D eigenvalue weighted by Gasteiger charge is 2.10. The number of anilines is 1. The molecule has 0 atom stereocenters. The normalized spacial score (nSPS) is 10.9. The van der Waals surface area contributed by atoms with E-state index in [1.165, 1.54) is 17.3 Å². The summed E-state index contributed by atoms with van der Waals surface area (Å²) >= 11 is 1.52. The van der Waals surface area contributed by atoms with Gasteiger partial charge >= 0.3 is 0 Å². The van der Waals surface area contributed by atoms with Crippen molar-refractivity contribution in [1.82, 2.24) is 9.38 Å². The Morgan fingerprint density at radius 2 is 1.82 bits per heavy atom. The maximum Gasteiger partial charge on any atom is 0.262 e. The van der Waals surface area contributed by atoms with Crippen LogP contribution in [0.4, 0.5) is 5.69 Å². The van der Waals surface area contributed by atoms with E-state index in [0.717, 1.165) is 16.0 Å². The summed E-state index contributed by atoms with van der Waals surface area (Å²) in [4.78, 5) is 30.5. The summed E-state index contributed by atoms with van der Waals surface area (Å²) in [6, 6.07) is 18.7. The highest BCUT2D eigenvalue weighted by atomic mass is 32.2. The number of thioether (sulfide) groups is 1. The van der Waals surface area contributed by atoms with Gasteiger partial charge in [0.25, 0.3) is 11.5 Å². The first-order valence-electron chi connectivity index (χ1n) is 10.6. The van der Waals surface area contributed by atoms with Gasteiger partial charge in [-0.1, -0.05) is 24.3 Å². The Kier molecular flexibility index (Phi) is 6.79. The lowest BCUT2D eigenvalue weighted by atomic mass is 10.1. The van der Waals surface area contributed by atoms with E-state index in [9.17, 15) is 9.59 Å². The highest BCUT2D eigenvalue weighted by Crippen LogP contribution is 2.29. The Bertz CT molecular complexity index is 1380. The number of nitrogens with zero attached hydrogens (tertiary/aromatic N) is 2. The SMILES string of the molecule is Cc1ccc(OCC(=O)Nc2ccccc2SCc2cc(=O)n3cccc(C)c3n2)cc1C. The highest BCUT2D eigenvalue weighted by molar-refractivity contribution is 7.98. The first kappa shape index (κ1) is 22.6. The number of amides is 1. The molecule has 1 amide bonds. The predicted octanol–water partition coefficient (Wildman–Crippen LogP) is 4.93. The molecule has 7 heteroatoms. The molecule has 0 saturated carbocycles. The number of pyridine rings is 1. The lowest BCUT2D eigenvalue weighted by Gasteiger charge is -2.12. The van der Waals surface area contributed by atoms with Gasteiger partial charge in [0.05, 0.1) is 11.4 Å². The summed E-state index contributed by atoms with van der Waals surface area (Å²) in [6.45, 7) is 5.90. The number of carbonyl (C=O) groups is 1. The van der Waals surface area contributed by atoms with Crippen molar-refractivity contribution in [3.63, 3.8) is 0 Å². The van der Waals surface area contributed by atoms with Gasteiger partial charge in [-0.2, -0.15) is 0 Å². The lowest BCUT2D eigenvalue weighted by Crippen LogP contribution is -2.20. The molecule has 0 aliphatic rings. The quantitative estimate of drug-likeness (QED) is 0.397. The van der Waals surface area contributed by atoms with E-state index in [-0.39, 0.29) is 18.1 Å². The van der Waals surface area contributed by atoms with Crippen LogP contribution in [-0.4, -0.2) is 21.9 Å². The summed E-state index contributed by atoms with van der Waals surface area (Å²) in [5.74, 6) is 0.936. The minimum atomic E-state index is -0.237. The zero-order chi connectivity index (χ0) is 23.4. The molecule has 0 aliphatic carbocycles. The number of ether oxygens (including phenoxy) is 1. The first-order chi connectivity index (χ1) is 15.9. The molecule has 168 valence electrons. The third-order valence-electron chi connectivity index (χ3n) is 5.32. The number of aromatic nitrogens is 2. The third kappa shape index (κ3) is 5.43. The molecule has 0 saturated heterocycles. The minimum Gasteiger partial charge on any atom is -0.484 e. The summed E-state index contributed by atoms with van der Waals surface area (Å²) < 4.78 is 7.19. The summed E-state index contributed by atoms with van der Waals surface area (Å²) in [7, 11) is 0. The van der Waals surface area contributed by atoms with E-state index in [1.807, 2.05) is 75.4 Å². The van der Waals surface area contributed by atoms with Crippen LogP contribution in [0.1, 0.15) is 22.4 Å². The fourth-order valence-corrected chi connectivity index (χ4v) is 4.27. The van der Waals surface area contributed by atoms with Crippen LogP contribution < -0.4 is 15.6 Å². The van der Waals surface area contributed by atoms with Crippen LogP contribution in [0.3, 0.4) is 0 Å². The van der Waals surface area contributed by atoms with Crippen molar-refractivity contribution in [2.24, 2.45) is 0 Å². The molecule has 33 heavy (non-hydrogen) atoms. The van der Waals surface area contributed by atoms with Crippen molar-refractivity contribution in [3.8, 4) is 5.75 Å². The Balaban J connectivity index is 1.43. The molecule has 0 aliphatic heterocycles. The monoisotopic (exact) mass is 459 g/mol. The topological polar surface area (TPSA) is 72.7 Å². The largest absolute Gasteiger partial charge is 0.484 e. The molecule has 2 aromatic carbocycles. The van der Waals surface area contributed by atoms with E-state index in [2.05, 4.69) is 10.3 Å². The summed E-state index contributed by atoms with van der Waals surface area (Å²) in [5.41, 5.74) is 5.18. The van der Waals surface area contributed by atoms with E-state index in [1.54, 1.807) is 16.7 Å². The van der Waals surface area contributed by atoms with Gasteiger partial charge in [-0.15, -0.1) is 11.8 Å². The predicted molar refractivity (Wildman–Crippen MR) is 132 cm³/mol. The Labute approximate surface area is 196 Å². The summed E-state index contributed by atoms with van der Waals surface area (Å²) in [5, 5.41) is 2.92. The number of carbonyl (C=O) groups excluding carboxylic acids is 1. The van der Waals surface area contributed by atoms with Crippen molar-refractivity contribution in [2.75, 3.05) is 11.9 Å². The smallest absolute Gasteiger partial charge is 0.262 e. The summed E-state index contributed by atoms with van der Waals surface area (Å²) in [6.07, 6.45) is 1.72. The maximum atomic E-state index is 12.5. The number of benzene rings is 2. The first-order valence-corrected chi connectivity index (χ1v) is 11.6. The second-order valence-corrected chi connectivity index (χ2v) is 8.86. The zero-order valence-electron chi connectivity index (χ0n) is 18.8. The van der Waals surface area contributed by atoms with Gasteiger partial charge < -0.3 is 10.1 Å². The molecule has 6 nitrogen and oxygen atoms in total. The maximum absolute atomic E-state index is 12.5. The van der Waals surface area contributed by atoms with Crippen molar-refractivity contribution >= 4 is 29.0 Å². The second-order valence-electron chi connectivity index (χ2n) is 7.84. The number of aryl methyl sites for hydroxylation is 3. The van der Waals surface area contributed by atoms with E-state index < -0.39 is 0 Å². The van der Waals surface area contributed by atoms with Gasteiger partial charge in [-0.3, -0.25) is 14.0 Å². The fraction of sp³-hybridized carbons (Fsp3) is 0.192. The molecule has 0 radical (unpaired) electrons. The van der Waals surface area contributed by atoms with Crippen molar-refractivity contribution in [1.29, 1.82) is 0 Å². The number of nitrogens with one attached hydrogen (secondary N) is 1. The number of rotatable bonds is 7. The average Bonchev–Trinajstić information content (AvgIpc) is 2.80. The number of hydrogen-bond donors (Lipinski definition) is 1. The number of hydrogen-bond acceptors (Lipinski definition) is 5. The number of para-hydroxylation sites is 1. The molecule has 1 N–H and O–H groups in total. The Morgan fingerprint density at radius 3 is 2.64 bits per heavy atom. The van der Waals surface area contributed by atoms with Crippen molar-refractivity contribution < 1.29 is 9.53 Å². The molecule has 0 bridgehead atoms. The van der Waals surface area contributed by atoms with E-state index >= 15 is 0 Å². The number of fused-ring (bicyclic) bond motifs is 1. The van der Waals surface area contributed by atoms with E-state index in [0.29, 0.717) is 28.5 Å². The van der Waals surface area contributed by atoms with Gasteiger partial charge in [0.2, 0.25) is 0 Å². The van der Waals surface area contributed by atoms with Gasteiger partial charge in [-0.25, -0.2) is 4.98 Å². The van der Waals surface area contributed by atoms with Crippen LogP contribution in [-0.2, 0) is 10.5 Å². The molecule has 0 unspecified atom stereocenters. The lowest BCUT2D eigenvalue weighted by molar-refractivity contribution is -0.118. The molecular weight excluding hydrogens is 434 g/mol. The van der Waals surface area contributed by atoms with Gasteiger partial charge in [0, 0.05) is 22.9 Å². The van der Waals surface area contributed by atoms with Gasteiger partial charge in [-0.05, 0) is 67.8 Å². The van der Waals surface area contributed by atoms with Gasteiger partial charge in [0.1, 0.15) is 11.4 Å². The molecular formula is C26H25N3O3S. The second kappa shape index (κ2) is 9.92. The standard InChI is InChI=1S/C26H25N3O3S/c1-17-10-11-21(13-19(17)3)32-15-24(30)28-22-8-4-5-9-23(22)33-16-20-14-25(31)29-12-6-7-18(2)26(29)27-20/h4-14H,15-16H2,1-3H3,(H,28,30). The van der Waals surface area contributed by atoms with Crippen LogP contribution in [0.15, 0.2) is 76.6 Å². The van der Waals surface area contributed by atoms with Crippen LogP contribution in [0, 0.1) is 20.8 Å². The fourth-order valence-electron chi connectivity index (χ4n) is 3.37. The van der Waals surface area contributed by atoms with Crippen molar-refractivity contribution in [2.45, 2.75) is 31.4 Å². The zero-order valence-corrected chi connectivity index (χ0v) is 19.6. The van der Waals surface area contributed by atoms with Crippen molar-refractivity contribution in [3.05, 3.63) is 99.6 Å². The molecule has 4 aromatic rings. The van der Waals surface area contributed by atoms with Crippen LogP contribution in [0.2, 0.25) is 0 Å². The average molecular weight is 460 g/mol. The molecule has 0 spiro atoms. The molecule has 2 heterocycles. The Morgan fingerprint density at radius 1 is 1.00 bits per heavy atom. The molecule has 2 aromatic heterocycles. The van der Waals surface area contributed by atoms with Crippen LogP contribution in [0.5, 0.6) is 5.75 Å². The minimum absolute atomic E-state index is 0.0796. The van der Waals surface area contributed by atoms with Crippen LogP contribution in [0.25, 0.3) is 5.65 Å². The van der Waals surface area contributed by atoms with Crippen LogP contribution >= 0.6 is 11.8 Å². The van der Waals surface area contributed by atoms with E-state index in [4.69, 9.17) is 4.74 Å². The molecule has 4 rings (SSSR count). The third-order valence-corrected chi connectivity index (χ3v) is 6.43. The van der Waals surface area contributed by atoms with Gasteiger partial charge in [0.15, 0.2) is 6.61 Å². The Hall–Kier alpha value is -3.58. The molecule has 0 fully saturated rings.